The van der Waals surface area contributed by atoms with Gasteiger partial charge in [0.05, 0.1) is 40.9 Å². The van der Waals surface area contributed by atoms with Gasteiger partial charge in [-0.05, 0) is 65.5 Å². The lowest BCUT2D eigenvalue weighted by Crippen LogP contribution is -1.97. The molecule has 0 saturated carbocycles. The van der Waals surface area contributed by atoms with Gasteiger partial charge >= 0.3 is 0 Å². The fraction of sp³-hybridized carbons (Fsp3) is 0. The van der Waals surface area contributed by atoms with E-state index in [4.69, 9.17) is 13.1 Å². The zero-order valence-electron chi connectivity index (χ0n) is 22.5. The van der Waals surface area contributed by atoms with E-state index in [1.165, 1.54) is 21.8 Å². The number of benzene rings is 6. The van der Waals surface area contributed by atoms with Crippen molar-refractivity contribution in [3.05, 3.63) is 156 Å². The van der Waals surface area contributed by atoms with Crippen LogP contribution in [0, 0.1) is 13.1 Å². The average Bonchev–Trinajstić information content (AvgIpc) is 3.57. The lowest BCUT2D eigenvalue weighted by atomic mass is 10.0. The van der Waals surface area contributed by atoms with Crippen LogP contribution in [0.4, 0.5) is 11.4 Å². The molecule has 42 heavy (non-hydrogen) atoms. The SMILES string of the molecule is [C-]#[N+]c1cccc(-n2c3ccc([N+]#[C-])cc3c3cc(-c4ccccc4-n4c5ccccc5c5ccccc54)ccc32)c1. The Morgan fingerprint density at radius 3 is 1.76 bits per heavy atom. The van der Waals surface area contributed by atoms with E-state index in [0.29, 0.717) is 11.4 Å². The van der Waals surface area contributed by atoms with E-state index in [2.05, 4.69) is 110 Å². The molecule has 0 radical (unpaired) electrons. The molecule has 4 nitrogen and oxygen atoms in total. The van der Waals surface area contributed by atoms with Crippen LogP contribution in [0.25, 0.3) is 75.8 Å². The second-order valence-corrected chi connectivity index (χ2v) is 10.4. The molecule has 0 amide bonds. The number of fused-ring (bicyclic) bond motifs is 6. The molecule has 4 heteroatoms. The van der Waals surface area contributed by atoms with Crippen LogP contribution in [0.5, 0.6) is 0 Å². The van der Waals surface area contributed by atoms with E-state index in [1.807, 2.05) is 42.5 Å². The van der Waals surface area contributed by atoms with Crippen molar-refractivity contribution in [2.45, 2.75) is 0 Å². The van der Waals surface area contributed by atoms with Gasteiger partial charge in [0.1, 0.15) is 0 Å². The van der Waals surface area contributed by atoms with Gasteiger partial charge in [0.25, 0.3) is 0 Å². The van der Waals surface area contributed by atoms with Crippen molar-refractivity contribution < 1.29 is 0 Å². The highest BCUT2D eigenvalue weighted by molar-refractivity contribution is 6.12. The number of nitrogens with zero attached hydrogens (tertiary/aromatic N) is 4. The van der Waals surface area contributed by atoms with Crippen LogP contribution >= 0.6 is 0 Å². The standard InChI is InChI=1S/C38H22N4/c1-39-26-10-9-11-28(23-26)41-37-20-18-25(22-32(37)33-24-27(40-2)19-21-38(33)41)29-12-3-6-15-34(29)42-35-16-7-4-13-30(35)31-14-5-8-17-36(31)42/h3-24H. The normalized spacial score (nSPS) is 11.3. The van der Waals surface area contributed by atoms with Gasteiger partial charge in [0, 0.05) is 27.4 Å². The van der Waals surface area contributed by atoms with Crippen LogP contribution in [0.1, 0.15) is 0 Å². The van der Waals surface area contributed by atoms with E-state index < -0.39 is 0 Å². The van der Waals surface area contributed by atoms with Crippen molar-refractivity contribution >= 4 is 55.0 Å². The molecular weight excluding hydrogens is 512 g/mol. The third-order valence-corrected chi connectivity index (χ3v) is 8.13. The molecule has 194 valence electrons. The van der Waals surface area contributed by atoms with Gasteiger partial charge in [0.2, 0.25) is 0 Å². The van der Waals surface area contributed by atoms with Crippen molar-refractivity contribution in [2.75, 3.05) is 0 Å². The fourth-order valence-corrected chi connectivity index (χ4v) is 6.32. The first-order valence-electron chi connectivity index (χ1n) is 13.8. The van der Waals surface area contributed by atoms with E-state index in [1.54, 1.807) is 0 Å². The number of rotatable bonds is 3. The highest BCUT2D eigenvalue weighted by Gasteiger charge is 2.18. The summed E-state index contributed by atoms with van der Waals surface area (Å²) in [6, 6.07) is 45.8. The first-order valence-corrected chi connectivity index (χ1v) is 13.8. The Labute approximate surface area is 242 Å². The monoisotopic (exact) mass is 534 g/mol. The summed E-state index contributed by atoms with van der Waals surface area (Å²) < 4.78 is 4.55. The molecule has 8 rings (SSSR count). The number of hydrogen-bond donors (Lipinski definition) is 0. The van der Waals surface area contributed by atoms with Crippen LogP contribution in [-0.4, -0.2) is 9.13 Å². The highest BCUT2D eigenvalue weighted by atomic mass is 15.0. The molecular formula is C38H22N4. The quantitative estimate of drug-likeness (QED) is 0.201. The van der Waals surface area contributed by atoms with Crippen molar-refractivity contribution in [1.29, 1.82) is 0 Å². The lowest BCUT2D eigenvalue weighted by Gasteiger charge is -2.14. The average molecular weight is 535 g/mol. The molecule has 0 N–H and O–H groups in total. The van der Waals surface area contributed by atoms with Gasteiger partial charge in [-0.3, -0.25) is 0 Å². The van der Waals surface area contributed by atoms with Crippen molar-refractivity contribution in [1.82, 2.24) is 9.13 Å². The minimum atomic E-state index is 0.594. The van der Waals surface area contributed by atoms with Crippen LogP contribution in [0.15, 0.2) is 133 Å². The summed E-state index contributed by atoms with van der Waals surface area (Å²) in [6.45, 7) is 15.2. The molecule has 0 spiro atoms. The number of hydrogen-bond acceptors (Lipinski definition) is 0. The van der Waals surface area contributed by atoms with Gasteiger partial charge in [-0.15, -0.1) is 0 Å². The molecule has 8 aromatic rings. The molecule has 0 aliphatic rings. The summed E-state index contributed by atoms with van der Waals surface area (Å²) >= 11 is 0. The highest BCUT2D eigenvalue weighted by Crippen LogP contribution is 2.40. The van der Waals surface area contributed by atoms with Gasteiger partial charge in [-0.25, -0.2) is 9.69 Å². The summed E-state index contributed by atoms with van der Waals surface area (Å²) in [6.07, 6.45) is 0. The molecule has 2 aromatic heterocycles. The van der Waals surface area contributed by atoms with Crippen molar-refractivity contribution in [2.24, 2.45) is 0 Å². The van der Waals surface area contributed by atoms with Gasteiger partial charge in [0.15, 0.2) is 11.4 Å². The zero-order valence-corrected chi connectivity index (χ0v) is 22.5. The van der Waals surface area contributed by atoms with Crippen molar-refractivity contribution in [3.63, 3.8) is 0 Å². The van der Waals surface area contributed by atoms with E-state index in [9.17, 15) is 0 Å². The molecule has 0 saturated heterocycles. The van der Waals surface area contributed by atoms with Crippen LogP contribution < -0.4 is 0 Å². The molecule has 0 unspecified atom stereocenters. The predicted octanol–water partition coefficient (Wildman–Crippen LogP) is 10.6. The predicted molar refractivity (Wildman–Crippen MR) is 173 cm³/mol. The van der Waals surface area contributed by atoms with Gasteiger partial charge < -0.3 is 9.13 Å². The first kappa shape index (κ1) is 23.8. The second kappa shape index (κ2) is 9.24. The minimum Gasteiger partial charge on any atom is -0.311 e. The lowest BCUT2D eigenvalue weighted by molar-refractivity contribution is 1.18. The summed E-state index contributed by atoms with van der Waals surface area (Å²) in [4.78, 5) is 7.37. The molecule has 6 aromatic carbocycles. The minimum absolute atomic E-state index is 0.594. The summed E-state index contributed by atoms with van der Waals surface area (Å²) in [5.74, 6) is 0. The molecule has 0 bridgehead atoms. The van der Waals surface area contributed by atoms with Crippen LogP contribution in [-0.2, 0) is 0 Å². The largest absolute Gasteiger partial charge is 0.311 e. The summed E-state index contributed by atoms with van der Waals surface area (Å²) in [5.41, 5.74) is 9.85. The van der Waals surface area contributed by atoms with Crippen molar-refractivity contribution in [3.8, 4) is 22.5 Å². The summed E-state index contributed by atoms with van der Waals surface area (Å²) in [7, 11) is 0. The van der Waals surface area contributed by atoms with E-state index in [-0.39, 0.29) is 0 Å². The third kappa shape index (κ3) is 3.47. The number of aromatic nitrogens is 2. The maximum atomic E-state index is 7.65. The molecule has 0 aliphatic carbocycles. The smallest absolute Gasteiger partial charge is 0.189 e. The Hall–Kier alpha value is -6.10. The van der Waals surface area contributed by atoms with Gasteiger partial charge in [-0.2, -0.15) is 0 Å². The fourth-order valence-electron chi connectivity index (χ4n) is 6.32. The Bertz CT molecular complexity index is 2390. The zero-order chi connectivity index (χ0) is 28.2. The Morgan fingerprint density at radius 1 is 0.429 bits per heavy atom. The first-order chi connectivity index (χ1) is 20.7. The summed E-state index contributed by atoms with van der Waals surface area (Å²) in [5, 5.41) is 4.55. The molecule has 0 fully saturated rings. The Balaban J connectivity index is 1.42. The third-order valence-electron chi connectivity index (χ3n) is 8.13. The molecule has 0 aliphatic heterocycles. The topological polar surface area (TPSA) is 18.6 Å². The number of para-hydroxylation sites is 3. The van der Waals surface area contributed by atoms with E-state index in [0.717, 1.165) is 44.3 Å². The van der Waals surface area contributed by atoms with E-state index >= 15 is 0 Å². The maximum Gasteiger partial charge on any atom is 0.189 e. The maximum absolute atomic E-state index is 7.65. The molecule has 2 heterocycles. The molecule has 0 atom stereocenters. The van der Waals surface area contributed by atoms with Crippen LogP contribution in [0.3, 0.4) is 0 Å². The Kier molecular flexibility index (Phi) is 5.22. The van der Waals surface area contributed by atoms with Gasteiger partial charge in [-0.1, -0.05) is 78.9 Å². The second-order valence-electron chi connectivity index (χ2n) is 10.4. The Morgan fingerprint density at radius 2 is 1.02 bits per heavy atom. The van der Waals surface area contributed by atoms with Crippen LogP contribution in [0.2, 0.25) is 0 Å².